The summed E-state index contributed by atoms with van der Waals surface area (Å²) in [6.07, 6.45) is 1.70. The van der Waals surface area contributed by atoms with Crippen LogP contribution in [0.1, 0.15) is 40.5 Å². The summed E-state index contributed by atoms with van der Waals surface area (Å²) in [7, 11) is 0. The molecule has 0 saturated heterocycles. The molecule has 0 fully saturated rings. The monoisotopic (exact) mass is 1160 g/mol. The molecule has 4 aromatic carbocycles. The molecule has 0 aliphatic carbocycles. The van der Waals surface area contributed by atoms with Crippen LogP contribution in [-0.4, -0.2) is 117 Å². The van der Waals surface area contributed by atoms with E-state index in [1.165, 1.54) is 54.6 Å². The molecule has 0 radical (unpaired) electrons. The minimum Gasteiger partial charge on any atom is -0.739 e. The Kier molecular flexibility index (Phi) is 24.2. The summed E-state index contributed by atoms with van der Waals surface area (Å²) in [5, 5.41) is 121. The molecule has 4 aromatic heterocycles. The Morgan fingerprint density at radius 3 is 1.34 bits per heavy atom. The fraction of sp³-hybridized carbons (Fsp3) is 0.333. The SMILES string of the molecule is CCN(CC)CCCNc1n[n+]([O-])c2cc([N+](=O)[O-])ccc2[n+]1[O-].CCN(CC)CCCNc1nc2ccc([N+](=O)[O-])cc2[n+]([O-])n1.Cl.Cl.Nc1nc2ccc([N+](=O)[O-])cc2[n+]([O-])n1.O=[N+]([O-])c1ccc2nc(Cl)n[n+]([O-])c2c1. The van der Waals surface area contributed by atoms with Gasteiger partial charge in [0.15, 0.2) is 5.52 Å². The lowest BCUT2D eigenvalue weighted by atomic mass is 10.3. The number of hydrogen-bond donors (Lipinski definition) is 3. The van der Waals surface area contributed by atoms with Crippen LogP contribution in [-0.2, 0) is 0 Å². The fourth-order valence-electron chi connectivity index (χ4n) is 6.95. The van der Waals surface area contributed by atoms with E-state index in [1.807, 2.05) is 0 Å². The average Bonchev–Trinajstić information content (AvgIpc) is 3.41. The Hall–Kier alpha value is -9.25. The number of halogens is 3. The predicted molar refractivity (Wildman–Crippen MR) is 287 cm³/mol. The molecule has 0 unspecified atom stereocenters. The molecule has 0 amide bonds. The molecule has 0 spiro atoms. The fourth-order valence-corrected chi connectivity index (χ4v) is 7.11. The molecule has 79 heavy (non-hydrogen) atoms. The molecule has 4 heterocycles. The van der Waals surface area contributed by atoms with Crippen LogP contribution in [0.25, 0.3) is 44.1 Å². The van der Waals surface area contributed by atoms with Gasteiger partial charge in [-0.2, -0.15) is 0 Å². The minimum absolute atomic E-state index is 0. The van der Waals surface area contributed by atoms with Crippen molar-refractivity contribution in [2.45, 2.75) is 40.5 Å². The third kappa shape index (κ3) is 17.4. The van der Waals surface area contributed by atoms with Crippen molar-refractivity contribution in [1.82, 2.24) is 45.1 Å². The molecule has 37 heteroatoms. The number of nitro benzene ring substituents is 4. The lowest BCUT2D eigenvalue weighted by Crippen LogP contribution is -2.44. The summed E-state index contributed by atoms with van der Waals surface area (Å²) in [5.41, 5.74) is 5.29. The lowest BCUT2D eigenvalue weighted by molar-refractivity contribution is -0.672. The van der Waals surface area contributed by atoms with E-state index in [9.17, 15) is 66.5 Å². The number of fused-ring (bicyclic) bond motifs is 4. The van der Waals surface area contributed by atoms with E-state index in [1.54, 1.807) is 0 Å². The molecule has 0 bridgehead atoms. The van der Waals surface area contributed by atoms with Gasteiger partial charge < -0.3 is 46.9 Å². The summed E-state index contributed by atoms with van der Waals surface area (Å²) >= 11 is 5.45. The van der Waals surface area contributed by atoms with Gasteiger partial charge in [0.2, 0.25) is 5.10 Å². The van der Waals surface area contributed by atoms with Crippen molar-refractivity contribution in [3.05, 3.63) is 145 Å². The first kappa shape index (κ1) is 64.0. The van der Waals surface area contributed by atoms with Crippen molar-refractivity contribution in [3.8, 4) is 0 Å². The van der Waals surface area contributed by atoms with Gasteiger partial charge in [-0.15, -0.1) is 24.8 Å². The second-order valence-electron chi connectivity index (χ2n) is 15.7. The molecule has 0 aliphatic rings. The maximum Gasteiger partial charge on any atom is 0.460 e. The Balaban J connectivity index is 0.000000280. The highest BCUT2D eigenvalue weighted by atomic mass is 35.5. The van der Waals surface area contributed by atoms with Crippen molar-refractivity contribution in [1.29, 1.82) is 0 Å². The molecule has 0 aliphatic heterocycles. The number of nitrogens with one attached hydrogen (secondary N) is 2. The lowest BCUT2D eigenvalue weighted by Gasteiger charge is -2.17. The van der Waals surface area contributed by atoms with E-state index in [2.05, 4.69) is 83.5 Å². The number of nitrogen functional groups attached to an aromatic ring is 1. The van der Waals surface area contributed by atoms with Crippen molar-refractivity contribution in [2.75, 3.05) is 68.7 Å². The second kappa shape index (κ2) is 29.9. The van der Waals surface area contributed by atoms with Crippen LogP contribution in [0.2, 0.25) is 5.28 Å². The summed E-state index contributed by atoms with van der Waals surface area (Å²) < 4.78 is 0.477. The maximum atomic E-state index is 12.3. The third-order valence-electron chi connectivity index (χ3n) is 11.0. The number of nitrogens with two attached hydrogens (primary N) is 1. The number of hydrogen-bond acceptors (Lipinski definition) is 25. The van der Waals surface area contributed by atoms with Gasteiger partial charge in [0, 0.05) is 47.3 Å². The molecule has 0 saturated carbocycles. The van der Waals surface area contributed by atoms with Crippen LogP contribution < -0.4 is 40.5 Å². The third-order valence-corrected chi connectivity index (χ3v) is 11.1. The van der Waals surface area contributed by atoms with Crippen LogP contribution in [0.3, 0.4) is 0 Å². The number of non-ortho nitro benzene ring substituents is 4. The van der Waals surface area contributed by atoms with Gasteiger partial charge in [0.25, 0.3) is 56.5 Å². The molecule has 8 aromatic rings. The normalized spacial score (nSPS) is 10.6. The van der Waals surface area contributed by atoms with Gasteiger partial charge in [-0.05, 0) is 96.0 Å². The summed E-state index contributed by atoms with van der Waals surface area (Å²) in [5.74, 6) is -0.0712. The summed E-state index contributed by atoms with van der Waals surface area (Å²) in [4.78, 5) is 57.3. The van der Waals surface area contributed by atoms with Gasteiger partial charge in [-0.1, -0.05) is 27.7 Å². The Morgan fingerprint density at radius 2 is 0.886 bits per heavy atom. The Morgan fingerprint density at radius 1 is 0.506 bits per heavy atom. The van der Waals surface area contributed by atoms with Crippen LogP contribution >= 0.6 is 36.4 Å². The molecule has 4 N–H and O–H groups in total. The Labute approximate surface area is 462 Å². The molecule has 0 atom stereocenters. The number of aromatic nitrogens is 12. The zero-order valence-corrected chi connectivity index (χ0v) is 44.5. The highest BCUT2D eigenvalue weighted by Gasteiger charge is 2.23. The highest BCUT2D eigenvalue weighted by Crippen LogP contribution is 2.20. The first-order chi connectivity index (χ1) is 36.7. The quantitative estimate of drug-likeness (QED) is 0.0365. The molecule has 422 valence electrons. The Bertz CT molecular complexity index is 3340. The molecular weight excluding hydrogens is 1110 g/mol. The zero-order chi connectivity index (χ0) is 56.5. The maximum absolute atomic E-state index is 12.3. The summed E-state index contributed by atoms with van der Waals surface area (Å²) in [6.45, 7) is 15.2. The van der Waals surface area contributed by atoms with Crippen LogP contribution in [0.15, 0.2) is 72.8 Å². The van der Waals surface area contributed by atoms with Crippen LogP contribution in [0.5, 0.6) is 0 Å². The van der Waals surface area contributed by atoms with Crippen LogP contribution in [0.4, 0.5) is 40.6 Å². The van der Waals surface area contributed by atoms with Crippen molar-refractivity contribution in [2.24, 2.45) is 0 Å². The first-order valence-electron chi connectivity index (χ1n) is 23.0. The van der Waals surface area contributed by atoms with Gasteiger partial charge >= 0.3 is 11.5 Å². The van der Waals surface area contributed by atoms with Gasteiger partial charge in [0.05, 0.1) is 60.7 Å². The predicted octanol–water partition coefficient (Wildman–Crippen LogP) is 3.29. The first-order valence-corrected chi connectivity index (χ1v) is 23.4. The number of anilines is 3. The van der Waals surface area contributed by atoms with E-state index in [0.29, 0.717) is 28.2 Å². The van der Waals surface area contributed by atoms with E-state index in [-0.39, 0.29) is 124 Å². The van der Waals surface area contributed by atoms with Crippen LogP contribution in [0, 0.1) is 66.5 Å². The van der Waals surface area contributed by atoms with Crippen molar-refractivity contribution in [3.63, 3.8) is 0 Å². The topological polar surface area (TPSA) is 454 Å². The largest absolute Gasteiger partial charge is 0.739 e. The number of benzene rings is 4. The standard InChI is InChI=1S/C14H20N6O4.C14H20N6O3.C7H3ClN4O3.C7H5N5O3.2ClH/c1-3-17(4-2)9-5-8-15-14-16-19(22)13-10-11(20(23)24)6-7-12(13)18(14)21;1-3-18(4-2)9-5-8-15-14-16-12-7-6-11(20(22)23)10-13(12)19(21)17-14;2*8-7-9-5-2-1-4(12(14)15)3-6(5)11(13)10-7;;/h6-7,10H,3-5,8-9H2,1-2H3,(H,15,16);6-7,10H,3-5,8-9H2,1-2H3,(H,15,16,17);1-3H;1-3H,(H2,8,9,10);2*1H. The van der Waals surface area contributed by atoms with E-state index in [0.717, 1.165) is 70.3 Å². The van der Waals surface area contributed by atoms with Gasteiger partial charge in [-0.3, -0.25) is 45.8 Å². The van der Waals surface area contributed by atoms with Crippen molar-refractivity contribution >= 4 is 121 Å². The van der Waals surface area contributed by atoms with E-state index >= 15 is 0 Å². The number of nitrogens with zero attached hydrogens (tertiary/aromatic N) is 18. The van der Waals surface area contributed by atoms with E-state index < -0.39 is 19.7 Å². The smallest absolute Gasteiger partial charge is 0.460 e. The zero-order valence-electron chi connectivity index (χ0n) is 42.1. The molecule has 8 rings (SSSR count). The number of rotatable bonds is 18. The van der Waals surface area contributed by atoms with E-state index in [4.69, 9.17) is 17.3 Å². The average molecular weight is 1160 g/mol. The number of nitro groups is 4. The molecular formula is C42H50Cl3N21O13. The van der Waals surface area contributed by atoms with Gasteiger partial charge in [-0.25, -0.2) is 19.7 Å². The van der Waals surface area contributed by atoms with Gasteiger partial charge in [0.1, 0.15) is 16.6 Å². The minimum atomic E-state index is -0.631. The highest BCUT2D eigenvalue weighted by molar-refractivity contribution is 6.28. The second-order valence-corrected chi connectivity index (χ2v) is 16.1. The summed E-state index contributed by atoms with van der Waals surface area (Å²) in [6, 6.07) is 14.8. The van der Waals surface area contributed by atoms with Crippen molar-refractivity contribution < 1.29 is 43.8 Å². The molecule has 34 nitrogen and oxygen atoms in total.